The molecule has 0 radical (unpaired) electrons. The van der Waals surface area contributed by atoms with Gasteiger partial charge in [0.05, 0.1) is 17.7 Å². The number of carbonyl (C=O) groups excluding carboxylic acids is 4. The van der Waals surface area contributed by atoms with Crippen LogP contribution in [0.5, 0.6) is 0 Å². The Labute approximate surface area is 258 Å². The molecule has 0 aromatic rings. The third kappa shape index (κ3) is 15.9. The molecule has 12 N–H and O–H groups in total. The van der Waals surface area contributed by atoms with Gasteiger partial charge in [0.1, 0.15) is 30.2 Å². The van der Waals surface area contributed by atoms with Crippen LogP contribution >= 0.6 is 12.2 Å². The summed E-state index contributed by atoms with van der Waals surface area (Å²) in [5, 5.41) is 42.0. The maximum Gasteiger partial charge on any atom is 0.326 e. The third-order valence-electron chi connectivity index (χ3n) is 6.88. The van der Waals surface area contributed by atoms with Crippen LogP contribution in [0.3, 0.4) is 0 Å². The molecule has 0 rings (SSSR count). The summed E-state index contributed by atoms with van der Waals surface area (Å²) in [6.45, 7) is 6.67. The second kappa shape index (κ2) is 21.7. The molecule has 15 nitrogen and oxygen atoms in total. The number of amides is 4. The number of hydrogen-bond acceptors (Lipinski definition) is 10. The fourth-order valence-electron chi connectivity index (χ4n) is 3.99. The quantitative estimate of drug-likeness (QED) is 0.0458. The van der Waals surface area contributed by atoms with E-state index < -0.39 is 78.4 Å². The van der Waals surface area contributed by atoms with Crippen molar-refractivity contribution in [2.45, 2.75) is 109 Å². The summed E-state index contributed by atoms with van der Waals surface area (Å²) in [6.07, 6.45) is 1.47. The first kappa shape index (κ1) is 40.1. The molecule has 16 heteroatoms. The second-order valence-corrected chi connectivity index (χ2v) is 11.2. The van der Waals surface area contributed by atoms with E-state index >= 15 is 0 Å². The smallest absolute Gasteiger partial charge is 0.326 e. The van der Waals surface area contributed by atoms with Crippen LogP contribution < -0.4 is 38.1 Å². The minimum Gasteiger partial charge on any atom is -0.480 e. The van der Waals surface area contributed by atoms with Crippen molar-refractivity contribution in [3.8, 4) is 0 Å². The summed E-state index contributed by atoms with van der Waals surface area (Å²) in [5.41, 5.74) is 11.1. The first-order chi connectivity index (χ1) is 20.2. The lowest BCUT2D eigenvalue weighted by Gasteiger charge is -2.28. The van der Waals surface area contributed by atoms with Crippen molar-refractivity contribution in [1.29, 1.82) is 0 Å². The number of aliphatic hydroxyl groups excluding tert-OH is 2. The van der Waals surface area contributed by atoms with E-state index in [4.69, 9.17) is 23.7 Å². The number of carboxylic acid groups (broad SMARTS) is 1. The van der Waals surface area contributed by atoms with Crippen molar-refractivity contribution in [2.24, 2.45) is 17.4 Å². The summed E-state index contributed by atoms with van der Waals surface area (Å²) in [6, 6.07) is -6.28. The number of hydrogen-bond donors (Lipinski definition) is 10. The lowest BCUT2D eigenvalue weighted by Crippen LogP contribution is -2.61. The monoisotopic (exact) mass is 633 g/mol. The van der Waals surface area contributed by atoms with E-state index in [1.54, 1.807) is 20.8 Å². The fourth-order valence-corrected chi connectivity index (χ4v) is 4.09. The molecule has 0 spiro atoms. The molecule has 7 atom stereocenters. The number of nitrogens with two attached hydrogens (primary N) is 2. The average molecular weight is 634 g/mol. The topological polar surface area (TPSA) is 258 Å². The van der Waals surface area contributed by atoms with Gasteiger partial charge >= 0.3 is 5.97 Å². The summed E-state index contributed by atoms with van der Waals surface area (Å²) in [7, 11) is 0. The Kier molecular flexibility index (Phi) is 20.2. The van der Waals surface area contributed by atoms with Crippen LogP contribution in [0.15, 0.2) is 0 Å². The molecule has 0 aliphatic heterocycles. The van der Waals surface area contributed by atoms with Crippen LogP contribution in [0.4, 0.5) is 0 Å². The molecule has 0 heterocycles. The Hall–Kier alpha value is -2.92. The van der Waals surface area contributed by atoms with Gasteiger partial charge in [0.25, 0.3) is 0 Å². The number of aliphatic hydroxyl groups is 2. The number of nitrogens with one attached hydrogen (secondary N) is 5. The zero-order valence-electron chi connectivity index (χ0n) is 25.6. The first-order valence-electron chi connectivity index (χ1n) is 14.6. The van der Waals surface area contributed by atoms with Crippen LogP contribution in [0.25, 0.3) is 0 Å². The Bertz CT molecular complexity index is 924. The highest BCUT2D eigenvalue weighted by molar-refractivity contribution is 7.80. The van der Waals surface area contributed by atoms with Crippen LogP contribution in [0.1, 0.15) is 72.6 Å². The zero-order valence-corrected chi connectivity index (χ0v) is 26.4. The molecule has 0 aromatic carbocycles. The predicted octanol–water partition coefficient (Wildman–Crippen LogP) is -2.01. The Balaban J connectivity index is 5.93. The van der Waals surface area contributed by atoms with Gasteiger partial charge in [0.15, 0.2) is 0 Å². The van der Waals surface area contributed by atoms with E-state index in [1.165, 1.54) is 6.92 Å². The Morgan fingerprint density at radius 3 is 1.79 bits per heavy atom. The van der Waals surface area contributed by atoms with E-state index in [0.29, 0.717) is 50.2 Å². The van der Waals surface area contributed by atoms with E-state index in [9.17, 15) is 39.3 Å². The van der Waals surface area contributed by atoms with Gasteiger partial charge in [-0.25, -0.2) is 4.79 Å². The molecule has 43 heavy (non-hydrogen) atoms. The van der Waals surface area contributed by atoms with Crippen LogP contribution in [-0.4, -0.2) is 106 Å². The minimum atomic E-state index is -1.51. The van der Waals surface area contributed by atoms with Gasteiger partial charge in [0, 0.05) is 6.54 Å². The number of carboxylic acids is 1. The van der Waals surface area contributed by atoms with E-state index in [-0.39, 0.29) is 12.8 Å². The molecule has 248 valence electrons. The van der Waals surface area contributed by atoms with Gasteiger partial charge in [-0.1, -0.05) is 32.5 Å². The molecule has 0 unspecified atom stereocenters. The van der Waals surface area contributed by atoms with Crippen molar-refractivity contribution in [1.82, 2.24) is 26.6 Å². The van der Waals surface area contributed by atoms with Crippen molar-refractivity contribution < 1.29 is 39.3 Å². The normalized spacial score (nSPS) is 15.9. The summed E-state index contributed by atoms with van der Waals surface area (Å²) >= 11 is 5.00. The molecule has 0 fully saturated rings. The molecule has 0 saturated carbocycles. The van der Waals surface area contributed by atoms with Gasteiger partial charge < -0.3 is 53.4 Å². The molecule has 4 amide bonds. The fraction of sp³-hybridized carbons (Fsp3) is 0.778. The zero-order chi connectivity index (χ0) is 33.1. The van der Waals surface area contributed by atoms with E-state index in [0.717, 1.165) is 0 Å². The molecule has 0 aromatic heterocycles. The van der Waals surface area contributed by atoms with Crippen molar-refractivity contribution in [2.75, 3.05) is 19.7 Å². The van der Waals surface area contributed by atoms with Crippen LogP contribution in [0.2, 0.25) is 0 Å². The second-order valence-electron chi connectivity index (χ2n) is 10.6. The molecule has 0 bridgehead atoms. The lowest BCUT2D eigenvalue weighted by atomic mass is 9.98. The van der Waals surface area contributed by atoms with Gasteiger partial charge in [0.2, 0.25) is 23.6 Å². The lowest BCUT2D eigenvalue weighted by molar-refractivity contribution is -0.144. The molecular weight excluding hydrogens is 582 g/mol. The summed E-state index contributed by atoms with van der Waals surface area (Å²) in [5.74, 6) is -4.81. The van der Waals surface area contributed by atoms with Gasteiger partial charge in [-0.15, -0.1) is 0 Å². The van der Waals surface area contributed by atoms with Crippen LogP contribution in [-0.2, 0) is 24.0 Å². The SMILES string of the molecule is CC[C@H](C)[C@H](NC(=O)[C@@H](NC(=O)[C@H](CCCCNC(C)=S)NC(=O)[C@H](CCCCN)NC(=O)[C@@H](N)CO)[C@@H](C)O)C(=O)O. The van der Waals surface area contributed by atoms with Crippen molar-refractivity contribution in [3.05, 3.63) is 0 Å². The molecular formula is C27H51N7O8S. The Morgan fingerprint density at radius 2 is 1.33 bits per heavy atom. The number of thiocarbonyl (C=S) groups is 1. The first-order valence-corrected chi connectivity index (χ1v) is 15.0. The van der Waals surface area contributed by atoms with Gasteiger partial charge in [-0.05, 0) is 64.8 Å². The number of unbranched alkanes of at least 4 members (excludes halogenated alkanes) is 2. The summed E-state index contributed by atoms with van der Waals surface area (Å²) < 4.78 is 0. The van der Waals surface area contributed by atoms with E-state index in [1.807, 2.05) is 0 Å². The largest absolute Gasteiger partial charge is 0.480 e. The maximum atomic E-state index is 13.4. The molecule has 0 saturated heterocycles. The van der Waals surface area contributed by atoms with Crippen molar-refractivity contribution in [3.63, 3.8) is 0 Å². The maximum absolute atomic E-state index is 13.4. The number of rotatable bonds is 22. The van der Waals surface area contributed by atoms with E-state index in [2.05, 4.69) is 26.6 Å². The highest BCUT2D eigenvalue weighted by Crippen LogP contribution is 2.10. The van der Waals surface area contributed by atoms with Crippen molar-refractivity contribution >= 4 is 46.8 Å². The standard InChI is InChI=1S/C27H51N7O8S/c1-5-15(2)21(27(41)42)33-26(40)22(16(3)36)34-25(39)20(11-7-9-13-30-17(4)43)32-24(38)19(10-6-8-12-28)31-23(37)18(29)14-35/h15-16,18-22,35-36H,5-14,28-29H2,1-4H3,(H,30,43)(H,31,37)(H,32,38)(H,33,40)(H,34,39)(H,41,42)/t15-,16+,18-,19-,20-,21-,22-/m0/s1. The van der Waals surface area contributed by atoms with Crippen LogP contribution in [0, 0.1) is 5.92 Å². The number of carbonyl (C=O) groups is 5. The molecule has 0 aliphatic carbocycles. The Morgan fingerprint density at radius 1 is 0.814 bits per heavy atom. The average Bonchev–Trinajstić information content (AvgIpc) is 2.95. The van der Waals surface area contributed by atoms with Gasteiger partial charge in [-0.2, -0.15) is 0 Å². The number of aliphatic carboxylic acids is 1. The van der Waals surface area contributed by atoms with Gasteiger partial charge in [-0.3, -0.25) is 19.2 Å². The summed E-state index contributed by atoms with van der Waals surface area (Å²) in [4.78, 5) is 64.3. The predicted molar refractivity (Wildman–Crippen MR) is 165 cm³/mol. The highest BCUT2D eigenvalue weighted by atomic mass is 32.1. The molecule has 0 aliphatic rings. The highest BCUT2D eigenvalue weighted by Gasteiger charge is 2.34. The minimum absolute atomic E-state index is 0.133. The third-order valence-corrected chi connectivity index (χ3v) is 7.02.